The summed E-state index contributed by atoms with van der Waals surface area (Å²) in [7, 11) is 1.49. The standard InChI is InChI=1S/C5H9NO2/c1-3-4(7)5(8)6-2/h3,5-6,8H,1H2,2H3. The maximum absolute atomic E-state index is 10.3. The Balaban J connectivity index is 3.62. The number of carbonyl (C=O) groups is 1. The summed E-state index contributed by atoms with van der Waals surface area (Å²) < 4.78 is 0. The van der Waals surface area contributed by atoms with Gasteiger partial charge in [-0.3, -0.25) is 10.1 Å². The van der Waals surface area contributed by atoms with Crippen LogP contribution in [-0.2, 0) is 4.79 Å². The zero-order valence-electron chi connectivity index (χ0n) is 4.72. The molecule has 0 aromatic heterocycles. The van der Waals surface area contributed by atoms with Crippen molar-refractivity contribution in [3.63, 3.8) is 0 Å². The number of hydrogen-bond donors (Lipinski definition) is 2. The maximum atomic E-state index is 10.3. The first-order valence-electron chi connectivity index (χ1n) is 2.24. The first kappa shape index (κ1) is 7.33. The predicted molar refractivity (Wildman–Crippen MR) is 30.3 cm³/mol. The number of hydrogen-bond acceptors (Lipinski definition) is 3. The van der Waals surface area contributed by atoms with Crippen molar-refractivity contribution in [2.75, 3.05) is 7.05 Å². The van der Waals surface area contributed by atoms with Gasteiger partial charge in [-0.1, -0.05) is 6.58 Å². The topological polar surface area (TPSA) is 49.3 Å². The molecule has 0 aliphatic carbocycles. The second-order valence-electron chi connectivity index (χ2n) is 1.30. The molecular weight excluding hydrogens is 106 g/mol. The van der Waals surface area contributed by atoms with Crippen molar-refractivity contribution >= 4 is 5.78 Å². The fourth-order valence-electron chi connectivity index (χ4n) is 0.254. The highest BCUT2D eigenvalue weighted by Gasteiger charge is 2.05. The average molecular weight is 115 g/mol. The Morgan fingerprint density at radius 1 is 2.00 bits per heavy atom. The number of ketones is 1. The molecule has 46 valence electrons. The Bertz CT molecular complexity index is 101. The third-order valence-electron chi connectivity index (χ3n) is 0.744. The number of aliphatic hydroxyl groups excluding tert-OH is 1. The van der Waals surface area contributed by atoms with Crippen LogP contribution in [0.2, 0.25) is 0 Å². The third-order valence-corrected chi connectivity index (χ3v) is 0.744. The van der Waals surface area contributed by atoms with Crippen LogP contribution in [0.5, 0.6) is 0 Å². The van der Waals surface area contributed by atoms with Crippen molar-refractivity contribution in [3.8, 4) is 0 Å². The average Bonchev–Trinajstić information content (AvgIpc) is 1.84. The van der Waals surface area contributed by atoms with E-state index in [-0.39, 0.29) is 0 Å². The van der Waals surface area contributed by atoms with Gasteiger partial charge in [0.2, 0.25) is 0 Å². The largest absolute Gasteiger partial charge is 0.371 e. The van der Waals surface area contributed by atoms with Gasteiger partial charge in [0, 0.05) is 0 Å². The van der Waals surface area contributed by atoms with Crippen LogP contribution < -0.4 is 5.32 Å². The van der Waals surface area contributed by atoms with Gasteiger partial charge in [0.15, 0.2) is 12.0 Å². The Morgan fingerprint density at radius 2 is 2.50 bits per heavy atom. The Morgan fingerprint density at radius 3 is 2.62 bits per heavy atom. The monoisotopic (exact) mass is 115 g/mol. The fraction of sp³-hybridized carbons (Fsp3) is 0.400. The quantitative estimate of drug-likeness (QED) is 0.377. The minimum Gasteiger partial charge on any atom is -0.371 e. The van der Waals surface area contributed by atoms with Crippen molar-refractivity contribution < 1.29 is 9.90 Å². The van der Waals surface area contributed by atoms with Crippen LogP contribution in [0.25, 0.3) is 0 Å². The molecule has 1 unspecified atom stereocenters. The van der Waals surface area contributed by atoms with E-state index in [0.29, 0.717) is 0 Å². The molecule has 0 rings (SSSR count). The van der Waals surface area contributed by atoms with Crippen molar-refractivity contribution in [3.05, 3.63) is 12.7 Å². The van der Waals surface area contributed by atoms with Gasteiger partial charge < -0.3 is 5.11 Å². The van der Waals surface area contributed by atoms with E-state index in [1.807, 2.05) is 0 Å². The highest BCUT2D eigenvalue weighted by Crippen LogP contribution is 1.77. The normalized spacial score (nSPS) is 12.8. The summed E-state index contributed by atoms with van der Waals surface area (Å²) in [6, 6.07) is 0. The number of likely N-dealkylation sites (N-methyl/N-ethyl adjacent to an activating group) is 1. The first-order chi connectivity index (χ1) is 3.72. The van der Waals surface area contributed by atoms with E-state index < -0.39 is 12.0 Å². The summed E-state index contributed by atoms with van der Waals surface area (Å²) >= 11 is 0. The van der Waals surface area contributed by atoms with Gasteiger partial charge in [-0.25, -0.2) is 0 Å². The number of rotatable bonds is 3. The first-order valence-corrected chi connectivity index (χ1v) is 2.24. The Kier molecular flexibility index (Phi) is 3.07. The number of aliphatic hydroxyl groups is 1. The smallest absolute Gasteiger partial charge is 0.198 e. The van der Waals surface area contributed by atoms with Gasteiger partial charge in [0.1, 0.15) is 0 Å². The van der Waals surface area contributed by atoms with E-state index in [0.717, 1.165) is 6.08 Å². The van der Waals surface area contributed by atoms with E-state index in [9.17, 15) is 4.79 Å². The molecule has 0 saturated heterocycles. The molecule has 3 nitrogen and oxygen atoms in total. The van der Waals surface area contributed by atoms with Crippen molar-refractivity contribution in [2.24, 2.45) is 0 Å². The lowest BCUT2D eigenvalue weighted by molar-refractivity contribution is -0.123. The predicted octanol–water partition coefficient (Wildman–Crippen LogP) is -0.721. The lowest BCUT2D eigenvalue weighted by Crippen LogP contribution is -2.31. The summed E-state index contributed by atoms with van der Waals surface area (Å²) in [5.74, 6) is -0.410. The molecule has 0 aromatic carbocycles. The minimum absolute atomic E-state index is 0.410. The molecule has 3 heteroatoms. The lowest BCUT2D eigenvalue weighted by atomic mass is 10.3. The summed E-state index contributed by atoms with van der Waals surface area (Å²) in [6.45, 7) is 3.18. The molecule has 0 fully saturated rings. The molecular formula is C5H9NO2. The molecule has 0 spiro atoms. The van der Waals surface area contributed by atoms with Crippen molar-refractivity contribution in [1.82, 2.24) is 5.32 Å². The van der Waals surface area contributed by atoms with Crippen LogP contribution >= 0.6 is 0 Å². The second kappa shape index (κ2) is 3.35. The number of carbonyl (C=O) groups excluding carboxylic acids is 1. The second-order valence-corrected chi connectivity index (χ2v) is 1.30. The van der Waals surface area contributed by atoms with Crippen LogP contribution in [-0.4, -0.2) is 24.2 Å². The van der Waals surface area contributed by atoms with E-state index >= 15 is 0 Å². The van der Waals surface area contributed by atoms with Gasteiger partial charge in [0.25, 0.3) is 0 Å². The lowest BCUT2D eigenvalue weighted by Gasteiger charge is -2.01. The zero-order chi connectivity index (χ0) is 6.57. The molecule has 0 aliphatic rings. The molecule has 0 radical (unpaired) electrons. The van der Waals surface area contributed by atoms with Gasteiger partial charge in [-0.2, -0.15) is 0 Å². The highest BCUT2D eigenvalue weighted by atomic mass is 16.3. The Labute approximate surface area is 48.0 Å². The molecule has 0 aliphatic heterocycles. The van der Waals surface area contributed by atoms with Crippen LogP contribution in [0, 0.1) is 0 Å². The van der Waals surface area contributed by atoms with Crippen molar-refractivity contribution in [1.29, 1.82) is 0 Å². The number of nitrogens with one attached hydrogen (secondary N) is 1. The van der Waals surface area contributed by atoms with E-state index in [2.05, 4.69) is 11.9 Å². The van der Waals surface area contributed by atoms with Crippen LogP contribution in [0.15, 0.2) is 12.7 Å². The van der Waals surface area contributed by atoms with Gasteiger partial charge in [-0.05, 0) is 13.1 Å². The molecule has 0 aromatic rings. The highest BCUT2D eigenvalue weighted by molar-refractivity contribution is 5.92. The summed E-state index contributed by atoms with van der Waals surface area (Å²) in [4.78, 5) is 10.3. The molecule has 0 amide bonds. The van der Waals surface area contributed by atoms with Crippen LogP contribution in [0.1, 0.15) is 0 Å². The SMILES string of the molecule is C=CC(=O)C(O)NC. The molecule has 0 heterocycles. The Hall–Kier alpha value is -0.670. The van der Waals surface area contributed by atoms with E-state index in [1.54, 1.807) is 0 Å². The molecule has 2 N–H and O–H groups in total. The van der Waals surface area contributed by atoms with Crippen molar-refractivity contribution in [2.45, 2.75) is 6.23 Å². The summed E-state index contributed by atoms with van der Waals surface area (Å²) in [5.41, 5.74) is 0. The summed E-state index contributed by atoms with van der Waals surface area (Å²) in [5, 5.41) is 10.9. The van der Waals surface area contributed by atoms with E-state index in [1.165, 1.54) is 7.05 Å². The molecule has 8 heavy (non-hydrogen) atoms. The maximum Gasteiger partial charge on any atom is 0.198 e. The zero-order valence-corrected chi connectivity index (χ0v) is 4.72. The summed E-state index contributed by atoms with van der Waals surface area (Å²) in [6.07, 6.45) is -0.0197. The van der Waals surface area contributed by atoms with Crippen LogP contribution in [0.4, 0.5) is 0 Å². The van der Waals surface area contributed by atoms with E-state index in [4.69, 9.17) is 5.11 Å². The third kappa shape index (κ3) is 1.86. The van der Waals surface area contributed by atoms with Gasteiger partial charge in [-0.15, -0.1) is 0 Å². The molecule has 0 bridgehead atoms. The molecule has 1 atom stereocenters. The van der Waals surface area contributed by atoms with Gasteiger partial charge in [0.05, 0.1) is 0 Å². The molecule has 0 saturated carbocycles. The minimum atomic E-state index is -1.09. The van der Waals surface area contributed by atoms with Crippen LogP contribution in [0.3, 0.4) is 0 Å². The van der Waals surface area contributed by atoms with Gasteiger partial charge >= 0.3 is 0 Å². The fourth-order valence-corrected chi connectivity index (χ4v) is 0.254.